The highest BCUT2D eigenvalue weighted by Gasteiger charge is 2.10. The molecule has 0 aromatic heterocycles. The molecule has 90 valence electrons. The van der Waals surface area contributed by atoms with Crippen LogP contribution in [-0.2, 0) is 9.59 Å². The smallest absolute Gasteiger partial charge is 0.221 e. The summed E-state index contributed by atoms with van der Waals surface area (Å²) in [7, 11) is 0. The second-order valence-electron chi connectivity index (χ2n) is 4.16. The van der Waals surface area contributed by atoms with Crippen LogP contribution in [0.25, 0.3) is 0 Å². The third-order valence-corrected chi connectivity index (χ3v) is 2.23. The molecular weight excluding hydrogens is 214 g/mol. The fourth-order valence-corrected chi connectivity index (χ4v) is 1.41. The van der Waals surface area contributed by atoms with Crippen LogP contribution in [-0.4, -0.2) is 11.7 Å². The summed E-state index contributed by atoms with van der Waals surface area (Å²) in [6.07, 6.45) is 10.6. The third-order valence-electron chi connectivity index (χ3n) is 2.23. The lowest BCUT2D eigenvalue weighted by Crippen LogP contribution is -2.17. The quantitative estimate of drug-likeness (QED) is 0.810. The Labute approximate surface area is 102 Å². The third kappa shape index (κ3) is 4.23. The number of nitrogens with one attached hydrogen (secondary N) is 1. The first-order valence-electron chi connectivity index (χ1n) is 5.59. The van der Waals surface area contributed by atoms with E-state index in [1.54, 1.807) is 36.5 Å². The Morgan fingerprint density at radius 2 is 1.76 bits per heavy atom. The highest BCUT2D eigenvalue weighted by molar-refractivity contribution is 5.99. The predicted octanol–water partition coefficient (Wildman–Crippen LogP) is 2.28. The monoisotopic (exact) mass is 231 g/mol. The van der Waals surface area contributed by atoms with E-state index in [2.05, 4.69) is 5.32 Å². The van der Waals surface area contributed by atoms with Crippen LogP contribution < -0.4 is 5.32 Å². The Kier molecular flexibility index (Phi) is 4.64. The molecule has 0 radical (unpaired) electrons. The number of ketones is 1. The van der Waals surface area contributed by atoms with Crippen LogP contribution in [0.5, 0.6) is 0 Å². The van der Waals surface area contributed by atoms with Crippen LogP contribution in [0, 0.1) is 5.92 Å². The second kappa shape index (κ2) is 5.99. The highest BCUT2D eigenvalue weighted by Crippen LogP contribution is 2.10. The molecule has 0 fully saturated rings. The normalized spacial score (nSPS) is 24.7. The van der Waals surface area contributed by atoms with Gasteiger partial charge in [0.2, 0.25) is 5.91 Å². The molecular formula is C14H17NO2. The molecule has 0 saturated carbocycles. The van der Waals surface area contributed by atoms with E-state index < -0.39 is 0 Å². The Bertz CT molecular complexity index is 437. The minimum absolute atomic E-state index is 0.0162. The molecule has 0 saturated heterocycles. The number of hydrogen-bond donors (Lipinski definition) is 1. The van der Waals surface area contributed by atoms with E-state index >= 15 is 0 Å². The van der Waals surface area contributed by atoms with E-state index in [4.69, 9.17) is 0 Å². The summed E-state index contributed by atoms with van der Waals surface area (Å²) in [5.74, 6) is -0.0165. The lowest BCUT2D eigenvalue weighted by molar-refractivity contribution is -0.118. The van der Waals surface area contributed by atoms with Gasteiger partial charge in [-0.2, -0.15) is 0 Å². The maximum Gasteiger partial charge on any atom is 0.221 e. The topological polar surface area (TPSA) is 46.2 Å². The molecule has 1 aliphatic carbocycles. The molecule has 1 rings (SSSR count). The van der Waals surface area contributed by atoms with E-state index in [0.29, 0.717) is 11.3 Å². The van der Waals surface area contributed by atoms with Gasteiger partial charge in [-0.3, -0.25) is 9.59 Å². The molecule has 17 heavy (non-hydrogen) atoms. The van der Waals surface area contributed by atoms with Gasteiger partial charge in [0.05, 0.1) is 0 Å². The van der Waals surface area contributed by atoms with E-state index in [1.807, 2.05) is 13.8 Å². The van der Waals surface area contributed by atoms with Gasteiger partial charge >= 0.3 is 0 Å². The van der Waals surface area contributed by atoms with Crippen molar-refractivity contribution in [1.29, 1.82) is 0 Å². The van der Waals surface area contributed by atoms with Crippen molar-refractivity contribution < 1.29 is 9.59 Å². The lowest BCUT2D eigenvalue weighted by Gasteiger charge is -2.06. The Morgan fingerprint density at radius 3 is 2.35 bits per heavy atom. The van der Waals surface area contributed by atoms with Crippen molar-refractivity contribution in [2.45, 2.75) is 20.8 Å². The summed E-state index contributed by atoms with van der Waals surface area (Å²) in [6, 6.07) is 0. The van der Waals surface area contributed by atoms with Gasteiger partial charge in [-0.05, 0) is 12.2 Å². The first-order chi connectivity index (χ1) is 8.00. The summed E-state index contributed by atoms with van der Waals surface area (Å²) < 4.78 is 0. The second-order valence-corrected chi connectivity index (χ2v) is 4.16. The van der Waals surface area contributed by atoms with E-state index in [-0.39, 0.29) is 17.6 Å². The van der Waals surface area contributed by atoms with Gasteiger partial charge < -0.3 is 5.32 Å². The van der Waals surface area contributed by atoms with Crippen molar-refractivity contribution in [3.8, 4) is 0 Å². The van der Waals surface area contributed by atoms with E-state index in [1.165, 1.54) is 6.92 Å². The molecule has 3 nitrogen and oxygen atoms in total. The van der Waals surface area contributed by atoms with Crippen LogP contribution in [0.1, 0.15) is 20.8 Å². The zero-order chi connectivity index (χ0) is 12.8. The SMILES string of the molecule is CC(=O)NC1=C/C=C\C(C(=O)C(C)C)=C/C=C\1. The van der Waals surface area contributed by atoms with Crippen molar-refractivity contribution in [3.05, 3.63) is 47.7 Å². The molecule has 0 heterocycles. The lowest BCUT2D eigenvalue weighted by atomic mass is 9.99. The van der Waals surface area contributed by atoms with E-state index in [9.17, 15) is 9.59 Å². The van der Waals surface area contributed by atoms with Gasteiger partial charge in [0, 0.05) is 24.1 Å². The number of allylic oxidation sites excluding steroid dienone is 7. The standard InChI is InChI=1S/C14H17NO2/c1-10(2)14(17)12-6-4-8-13(9-5-7-12)15-11(3)16/h4-10H,1-3H3,(H,15,16)/b6-4-,7-5?,8-4?,9-5-,12-6?,12-7+,13-8+,13-9?. The van der Waals surface area contributed by atoms with Crippen molar-refractivity contribution >= 4 is 11.7 Å². The minimum atomic E-state index is -0.114. The maximum atomic E-state index is 11.8. The first-order valence-corrected chi connectivity index (χ1v) is 5.59. The maximum absolute atomic E-state index is 11.8. The predicted molar refractivity (Wildman–Crippen MR) is 68.1 cm³/mol. The van der Waals surface area contributed by atoms with Gasteiger partial charge in [-0.15, -0.1) is 0 Å². The molecule has 0 atom stereocenters. The number of carbonyl (C=O) groups is 2. The molecule has 0 aromatic carbocycles. The molecule has 0 aliphatic heterocycles. The number of amides is 1. The summed E-state index contributed by atoms with van der Waals surface area (Å²) in [4.78, 5) is 22.7. The van der Waals surface area contributed by atoms with Gasteiger partial charge in [-0.1, -0.05) is 38.2 Å². The zero-order valence-electron chi connectivity index (χ0n) is 10.4. The average molecular weight is 231 g/mol. The molecule has 3 heteroatoms. The van der Waals surface area contributed by atoms with E-state index in [0.717, 1.165) is 0 Å². The summed E-state index contributed by atoms with van der Waals surface area (Å²) in [5, 5.41) is 2.69. The van der Waals surface area contributed by atoms with Gasteiger partial charge in [0.15, 0.2) is 5.78 Å². The fourth-order valence-electron chi connectivity index (χ4n) is 1.41. The zero-order valence-corrected chi connectivity index (χ0v) is 10.4. The van der Waals surface area contributed by atoms with Gasteiger partial charge in [0.1, 0.15) is 0 Å². The van der Waals surface area contributed by atoms with Crippen LogP contribution in [0.2, 0.25) is 0 Å². The van der Waals surface area contributed by atoms with Crippen molar-refractivity contribution in [1.82, 2.24) is 5.32 Å². The number of hydrogen-bond acceptors (Lipinski definition) is 2. The average Bonchev–Trinajstić information content (AvgIpc) is 2.20. The molecule has 1 aliphatic rings. The molecule has 0 aromatic rings. The number of carbonyl (C=O) groups excluding carboxylic acids is 2. The van der Waals surface area contributed by atoms with Crippen molar-refractivity contribution in [2.24, 2.45) is 5.92 Å². The number of Topliss-reactive ketones (excluding diaryl/α,β-unsaturated/α-hetero) is 1. The molecule has 0 bridgehead atoms. The molecule has 0 unspecified atom stereocenters. The van der Waals surface area contributed by atoms with Gasteiger partial charge in [-0.25, -0.2) is 0 Å². The first kappa shape index (κ1) is 13.2. The Hall–Kier alpha value is -1.90. The van der Waals surface area contributed by atoms with Crippen molar-refractivity contribution in [2.75, 3.05) is 0 Å². The summed E-state index contributed by atoms with van der Waals surface area (Å²) in [5.41, 5.74) is 1.38. The molecule has 1 N–H and O–H groups in total. The highest BCUT2D eigenvalue weighted by atomic mass is 16.1. The van der Waals surface area contributed by atoms with Crippen molar-refractivity contribution in [3.63, 3.8) is 0 Å². The van der Waals surface area contributed by atoms with Crippen LogP contribution in [0.15, 0.2) is 47.7 Å². The summed E-state index contributed by atoms with van der Waals surface area (Å²) >= 11 is 0. The Balaban J connectivity index is 2.82. The minimum Gasteiger partial charge on any atom is -0.326 e. The fraction of sp³-hybridized carbons (Fsp3) is 0.286. The van der Waals surface area contributed by atoms with Crippen LogP contribution in [0.3, 0.4) is 0 Å². The van der Waals surface area contributed by atoms with Gasteiger partial charge in [0.25, 0.3) is 0 Å². The Morgan fingerprint density at radius 1 is 1.12 bits per heavy atom. The largest absolute Gasteiger partial charge is 0.326 e. The summed E-state index contributed by atoms with van der Waals surface area (Å²) in [6.45, 7) is 5.21. The van der Waals surface area contributed by atoms with Crippen LogP contribution in [0.4, 0.5) is 0 Å². The number of rotatable bonds is 3. The molecule has 1 amide bonds. The molecule has 0 spiro atoms. The van der Waals surface area contributed by atoms with Crippen LogP contribution >= 0.6 is 0 Å².